The number of aliphatic hydroxyl groups is 2. The molecule has 2 N–H and O–H groups in total. The summed E-state index contributed by atoms with van der Waals surface area (Å²) < 4.78 is 18.0. The summed E-state index contributed by atoms with van der Waals surface area (Å²) in [7, 11) is -2.79. The van der Waals surface area contributed by atoms with Crippen LogP contribution in [0.1, 0.15) is 12.8 Å². The van der Waals surface area contributed by atoms with Crippen molar-refractivity contribution in [3.8, 4) is 5.75 Å². The second kappa shape index (κ2) is 7.49. The minimum Gasteiger partial charge on any atom is -0.443 e. The maximum atomic E-state index is 12.5. The first-order valence-electron chi connectivity index (χ1n) is 5.74. The van der Waals surface area contributed by atoms with Crippen molar-refractivity contribution >= 4 is 7.37 Å². The summed E-state index contributed by atoms with van der Waals surface area (Å²) in [5, 5.41) is 17.6. The van der Waals surface area contributed by atoms with Crippen LogP contribution in [-0.4, -0.2) is 35.8 Å². The van der Waals surface area contributed by atoms with Crippen LogP contribution >= 0.6 is 7.37 Å². The van der Waals surface area contributed by atoms with Crippen molar-refractivity contribution in [1.82, 2.24) is 0 Å². The van der Waals surface area contributed by atoms with Gasteiger partial charge in [-0.1, -0.05) is 18.2 Å². The lowest BCUT2D eigenvalue weighted by atomic mass is 10.3. The zero-order valence-electron chi connectivity index (χ0n) is 9.79. The summed E-state index contributed by atoms with van der Waals surface area (Å²) in [6.45, 7) is 0.00251. The molecule has 0 spiro atoms. The van der Waals surface area contributed by atoms with Crippen LogP contribution in [0.2, 0.25) is 0 Å². The van der Waals surface area contributed by atoms with Gasteiger partial charge in [0.15, 0.2) is 0 Å². The highest BCUT2D eigenvalue weighted by molar-refractivity contribution is 7.59. The summed E-state index contributed by atoms with van der Waals surface area (Å²) >= 11 is 0. The predicted octanol–water partition coefficient (Wildman–Crippen LogP) is 2.11. The molecule has 17 heavy (non-hydrogen) atoms. The maximum absolute atomic E-state index is 12.5. The van der Waals surface area contributed by atoms with Crippen molar-refractivity contribution in [2.24, 2.45) is 0 Å². The van der Waals surface area contributed by atoms with Crippen molar-refractivity contribution in [2.45, 2.75) is 12.8 Å². The summed E-state index contributed by atoms with van der Waals surface area (Å²) in [5.74, 6) is 0.576. The monoisotopic (exact) mass is 258 g/mol. The van der Waals surface area contributed by atoms with Gasteiger partial charge in [0.05, 0.1) is 0 Å². The molecule has 0 amide bonds. The Labute approximate surface area is 102 Å². The third-order valence-electron chi connectivity index (χ3n) is 2.33. The molecule has 4 nitrogen and oxygen atoms in total. The number of aliphatic hydroxyl groups excluding tert-OH is 2. The van der Waals surface area contributed by atoms with E-state index in [1.165, 1.54) is 0 Å². The summed E-state index contributed by atoms with van der Waals surface area (Å²) in [6, 6.07) is 9.00. The van der Waals surface area contributed by atoms with Crippen molar-refractivity contribution in [1.29, 1.82) is 0 Å². The number of benzene rings is 1. The highest BCUT2D eigenvalue weighted by atomic mass is 31.2. The Morgan fingerprint density at radius 2 is 1.53 bits per heavy atom. The molecule has 96 valence electrons. The summed E-state index contributed by atoms with van der Waals surface area (Å²) in [5.41, 5.74) is 0. The number of hydrogen-bond donors (Lipinski definition) is 2. The van der Waals surface area contributed by atoms with Gasteiger partial charge in [0.1, 0.15) is 5.75 Å². The van der Waals surface area contributed by atoms with Crippen LogP contribution in [-0.2, 0) is 4.57 Å². The topological polar surface area (TPSA) is 66.8 Å². The van der Waals surface area contributed by atoms with E-state index in [0.29, 0.717) is 30.9 Å². The largest absolute Gasteiger partial charge is 0.443 e. The fourth-order valence-corrected chi connectivity index (χ4v) is 3.66. The molecule has 0 unspecified atom stereocenters. The fourth-order valence-electron chi connectivity index (χ4n) is 1.50. The Bertz CT molecular complexity index is 341. The molecule has 0 fully saturated rings. The highest BCUT2D eigenvalue weighted by Crippen LogP contribution is 2.47. The third kappa shape index (κ3) is 5.35. The van der Waals surface area contributed by atoms with E-state index in [0.717, 1.165) is 0 Å². The van der Waals surface area contributed by atoms with Gasteiger partial charge in [-0.15, -0.1) is 0 Å². The first-order chi connectivity index (χ1) is 8.20. The molecule has 0 aliphatic rings. The number of para-hydroxylation sites is 1. The van der Waals surface area contributed by atoms with Crippen molar-refractivity contribution in [3.63, 3.8) is 0 Å². The van der Waals surface area contributed by atoms with E-state index in [4.69, 9.17) is 14.7 Å². The average molecular weight is 258 g/mol. The fraction of sp³-hybridized carbons (Fsp3) is 0.500. The molecule has 0 aromatic heterocycles. The molecule has 0 atom stereocenters. The average Bonchev–Trinajstić information content (AvgIpc) is 2.35. The van der Waals surface area contributed by atoms with Gasteiger partial charge in [-0.05, 0) is 25.0 Å². The zero-order valence-corrected chi connectivity index (χ0v) is 10.7. The molecule has 5 heteroatoms. The van der Waals surface area contributed by atoms with Gasteiger partial charge in [0, 0.05) is 25.5 Å². The smallest absolute Gasteiger partial charge is 0.248 e. The van der Waals surface area contributed by atoms with E-state index in [2.05, 4.69) is 0 Å². The standard InChI is InChI=1S/C12H19O4P/c13-8-4-10-17(15,11-5-9-14)16-12-6-2-1-3-7-12/h1-3,6-7,13-14H,4-5,8-11H2. The van der Waals surface area contributed by atoms with Gasteiger partial charge in [0.25, 0.3) is 0 Å². The number of hydrogen-bond acceptors (Lipinski definition) is 4. The summed E-state index contributed by atoms with van der Waals surface area (Å²) in [6.07, 6.45) is 1.60. The van der Waals surface area contributed by atoms with Crippen LogP contribution in [0.5, 0.6) is 5.75 Å². The second-order valence-corrected chi connectivity index (χ2v) is 6.53. The second-order valence-electron chi connectivity index (χ2n) is 3.82. The van der Waals surface area contributed by atoms with Crippen LogP contribution in [0.4, 0.5) is 0 Å². The molecular weight excluding hydrogens is 239 g/mol. The lowest BCUT2D eigenvalue weighted by Crippen LogP contribution is -2.05. The van der Waals surface area contributed by atoms with Crippen LogP contribution in [0.15, 0.2) is 30.3 Å². The van der Waals surface area contributed by atoms with Crippen LogP contribution in [0.25, 0.3) is 0 Å². The van der Waals surface area contributed by atoms with E-state index < -0.39 is 7.37 Å². The molecule has 0 bridgehead atoms. The molecule has 1 aromatic carbocycles. The Morgan fingerprint density at radius 3 is 2.00 bits per heavy atom. The van der Waals surface area contributed by atoms with Gasteiger partial charge >= 0.3 is 0 Å². The van der Waals surface area contributed by atoms with Crippen LogP contribution in [0.3, 0.4) is 0 Å². The normalized spacial score (nSPS) is 11.4. The Hall–Kier alpha value is -0.830. The molecule has 0 aliphatic carbocycles. The van der Waals surface area contributed by atoms with Gasteiger partial charge < -0.3 is 14.7 Å². The molecule has 1 aromatic rings. The Balaban J connectivity index is 2.65. The summed E-state index contributed by atoms with van der Waals surface area (Å²) in [4.78, 5) is 0. The van der Waals surface area contributed by atoms with Gasteiger partial charge in [-0.2, -0.15) is 0 Å². The minimum absolute atomic E-state index is 0.00125. The quantitative estimate of drug-likeness (QED) is 0.701. The van der Waals surface area contributed by atoms with E-state index in [1.54, 1.807) is 12.1 Å². The molecular formula is C12H19O4P. The Morgan fingerprint density at radius 1 is 1.00 bits per heavy atom. The molecule has 0 aliphatic heterocycles. The highest BCUT2D eigenvalue weighted by Gasteiger charge is 2.23. The van der Waals surface area contributed by atoms with E-state index in [1.807, 2.05) is 18.2 Å². The molecule has 0 heterocycles. The minimum atomic E-state index is -2.79. The van der Waals surface area contributed by atoms with E-state index in [9.17, 15) is 4.57 Å². The maximum Gasteiger partial charge on any atom is 0.248 e. The van der Waals surface area contributed by atoms with Crippen LogP contribution < -0.4 is 4.52 Å². The van der Waals surface area contributed by atoms with Crippen molar-refractivity contribution in [3.05, 3.63) is 30.3 Å². The first-order valence-corrected chi connectivity index (χ1v) is 7.74. The van der Waals surface area contributed by atoms with Gasteiger partial charge in [-0.25, -0.2) is 0 Å². The lowest BCUT2D eigenvalue weighted by Gasteiger charge is -2.19. The zero-order chi connectivity index (χ0) is 12.6. The van der Waals surface area contributed by atoms with Crippen LogP contribution in [0, 0.1) is 0 Å². The first kappa shape index (κ1) is 14.2. The van der Waals surface area contributed by atoms with Crippen molar-refractivity contribution < 1.29 is 19.3 Å². The lowest BCUT2D eigenvalue weighted by molar-refractivity contribution is 0.290. The molecule has 0 saturated carbocycles. The Kier molecular flexibility index (Phi) is 6.27. The predicted molar refractivity (Wildman–Crippen MR) is 67.8 cm³/mol. The number of rotatable bonds is 8. The van der Waals surface area contributed by atoms with E-state index >= 15 is 0 Å². The van der Waals surface area contributed by atoms with Gasteiger partial charge in [0.2, 0.25) is 7.37 Å². The van der Waals surface area contributed by atoms with Gasteiger partial charge in [-0.3, -0.25) is 4.57 Å². The van der Waals surface area contributed by atoms with E-state index in [-0.39, 0.29) is 13.2 Å². The third-order valence-corrected chi connectivity index (χ3v) is 4.87. The molecule has 0 radical (unpaired) electrons. The SMILES string of the molecule is O=P(CCCO)(CCCO)Oc1ccccc1. The molecule has 0 saturated heterocycles. The molecule has 1 rings (SSSR count). The van der Waals surface area contributed by atoms with Crippen molar-refractivity contribution in [2.75, 3.05) is 25.5 Å².